The molecule has 0 N–H and O–H groups in total. The number of ether oxygens (including phenoxy) is 1. The summed E-state index contributed by atoms with van der Waals surface area (Å²) in [6.07, 6.45) is 0.715. The van der Waals surface area contributed by atoms with Crippen LogP contribution in [-0.4, -0.2) is 40.9 Å². The minimum atomic E-state index is -0.253. The first-order valence-corrected chi connectivity index (χ1v) is 8.19. The number of halogens is 1. The molecule has 0 radical (unpaired) electrons. The standard InChI is InChI=1S/C15H28BrNO2/c1-11(14(2,3)4)7-13(18)17-9-12(8-16)19-15(5,6)10-17/h11-12H,7-10H2,1-6H3. The van der Waals surface area contributed by atoms with E-state index in [0.29, 0.717) is 25.4 Å². The molecule has 0 aliphatic carbocycles. The highest BCUT2D eigenvalue weighted by Crippen LogP contribution is 2.30. The number of hydrogen-bond acceptors (Lipinski definition) is 2. The van der Waals surface area contributed by atoms with Gasteiger partial charge in [0, 0.05) is 24.8 Å². The van der Waals surface area contributed by atoms with Crippen molar-refractivity contribution < 1.29 is 9.53 Å². The van der Waals surface area contributed by atoms with Gasteiger partial charge >= 0.3 is 0 Å². The lowest BCUT2D eigenvalue weighted by Crippen LogP contribution is -2.55. The van der Waals surface area contributed by atoms with Gasteiger partial charge in [0.15, 0.2) is 0 Å². The smallest absolute Gasteiger partial charge is 0.223 e. The Balaban J connectivity index is 2.66. The van der Waals surface area contributed by atoms with E-state index < -0.39 is 0 Å². The summed E-state index contributed by atoms with van der Waals surface area (Å²) in [5, 5.41) is 0.773. The van der Waals surface area contributed by atoms with Crippen LogP contribution in [0.5, 0.6) is 0 Å². The third-order valence-electron chi connectivity index (χ3n) is 3.97. The van der Waals surface area contributed by atoms with Crippen LogP contribution in [0.15, 0.2) is 0 Å². The Hall–Kier alpha value is -0.0900. The molecule has 0 spiro atoms. The van der Waals surface area contributed by atoms with Gasteiger partial charge in [-0.1, -0.05) is 43.6 Å². The average Bonchev–Trinajstić information content (AvgIpc) is 2.25. The van der Waals surface area contributed by atoms with Gasteiger partial charge in [-0.05, 0) is 25.2 Å². The van der Waals surface area contributed by atoms with E-state index >= 15 is 0 Å². The lowest BCUT2D eigenvalue weighted by molar-refractivity contribution is -0.158. The van der Waals surface area contributed by atoms with Crippen LogP contribution in [0.25, 0.3) is 0 Å². The quantitative estimate of drug-likeness (QED) is 0.740. The molecular formula is C15H28BrNO2. The predicted molar refractivity (Wildman–Crippen MR) is 82.6 cm³/mol. The molecule has 0 aromatic rings. The van der Waals surface area contributed by atoms with Crippen LogP contribution >= 0.6 is 15.9 Å². The van der Waals surface area contributed by atoms with E-state index in [4.69, 9.17) is 4.74 Å². The molecule has 1 rings (SSSR count). The van der Waals surface area contributed by atoms with Gasteiger partial charge in [0.1, 0.15) is 0 Å². The van der Waals surface area contributed by atoms with E-state index in [1.165, 1.54) is 0 Å². The number of alkyl halides is 1. The van der Waals surface area contributed by atoms with Crippen LogP contribution in [0.4, 0.5) is 0 Å². The Bertz CT molecular complexity index is 323. The molecule has 1 amide bonds. The Morgan fingerprint density at radius 2 is 2.05 bits per heavy atom. The van der Waals surface area contributed by atoms with Crippen molar-refractivity contribution in [3.63, 3.8) is 0 Å². The van der Waals surface area contributed by atoms with E-state index in [0.717, 1.165) is 5.33 Å². The SMILES string of the molecule is CC(CC(=O)N1CC(CBr)OC(C)(C)C1)C(C)(C)C. The van der Waals surface area contributed by atoms with Crippen molar-refractivity contribution >= 4 is 21.8 Å². The second-order valence-corrected chi connectivity index (χ2v) is 8.05. The van der Waals surface area contributed by atoms with Crippen molar-refractivity contribution in [1.82, 2.24) is 4.90 Å². The third kappa shape index (κ3) is 5.07. The molecule has 2 atom stereocenters. The summed E-state index contributed by atoms with van der Waals surface area (Å²) >= 11 is 3.46. The van der Waals surface area contributed by atoms with Gasteiger partial charge in [0.25, 0.3) is 0 Å². The molecule has 0 aromatic carbocycles. The highest BCUT2D eigenvalue weighted by molar-refractivity contribution is 9.09. The van der Waals surface area contributed by atoms with Crippen molar-refractivity contribution in [1.29, 1.82) is 0 Å². The molecule has 0 saturated carbocycles. The van der Waals surface area contributed by atoms with Crippen molar-refractivity contribution in [2.75, 3.05) is 18.4 Å². The summed E-state index contributed by atoms with van der Waals surface area (Å²) in [5.74, 6) is 0.637. The summed E-state index contributed by atoms with van der Waals surface area (Å²) < 4.78 is 5.93. The fourth-order valence-corrected chi connectivity index (χ4v) is 2.60. The molecule has 1 aliphatic heterocycles. The van der Waals surface area contributed by atoms with Crippen LogP contribution in [0.2, 0.25) is 0 Å². The average molecular weight is 334 g/mol. The molecule has 2 unspecified atom stereocenters. The molecule has 0 bridgehead atoms. The van der Waals surface area contributed by atoms with Crippen LogP contribution in [0.3, 0.4) is 0 Å². The molecule has 0 aromatic heterocycles. The van der Waals surface area contributed by atoms with E-state index in [1.54, 1.807) is 0 Å². The Kier molecular flexibility index (Phi) is 5.47. The summed E-state index contributed by atoms with van der Waals surface area (Å²) in [7, 11) is 0. The monoisotopic (exact) mass is 333 g/mol. The maximum absolute atomic E-state index is 12.5. The Labute approximate surface area is 126 Å². The van der Waals surface area contributed by atoms with Crippen LogP contribution in [0, 0.1) is 11.3 Å². The summed E-state index contributed by atoms with van der Waals surface area (Å²) in [6.45, 7) is 14.2. The first kappa shape index (κ1) is 17.0. The van der Waals surface area contributed by atoms with Gasteiger partial charge in [-0.3, -0.25) is 4.79 Å². The van der Waals surface area contributed by atoms with Crippen LogP contribution in [-0.2, 0) is 9.53 Å². The molecular weight excluding hydrogens is 306 g/mol. The van der Waals surface area contributed by atoms with Crippen molar-refractivity contribution in [3.8, 4) is 0 Å². The first-order valence-electron chi connectivity index (χ1n) is 7.07. The number of carbonyl (C=O) groups excluding carboxylic acids is 1. The number of rotatable bonds is 3. The normalized spacial score (nSPS) is 25.2. The highest BCUT2D eigenvalue weighted by Gasteiger charge is 2.36. The largest absolute Gasteiger partial charge is 0.368 e. The number of nitrogens with zero attached hydrogens (tertiary/aromatic N) is 1. The molecule has 112 valence electrons. The third-order valence-corrected chi connectivity index (χ3v) is 4.69. The van der Waals surface area contributed by atoms with Crippen molar-refractivity contribution in [2.24, 2.45) is 11.3 Å². The zero-order chi connectivity index (χ0) is 14.8. The molecule has 1 saturated heterocycles. The van der Waals surface area contributed by atoms with Gasteiger partial charge in [-0.15, -0.1) is 0 Å². The zero-order valence-electron chi connectivity index (χ0n) is 13.1. The molecule has 1 heterocycles. The Morgan fingerprint density at radius 3 is 2.53 bits per heavy atom. The fraction of sp³-hybridized carbons (Fsp3) is 0.933. The topological polar surface area (TPSA) is 29.5 Å². The zero-order valence-corrected chi connectivity index (χ0v) is 14.7. The maximum Gasteiger partial charge on any atom is 0.223 e. The molecule has 19 heavy (non-hydrogen) atoms. The molecule has 1 aliphatic rings. The number of morpholine rings is 1. The molecule has 4 heteroatoms. The van der Waals surface area contributed by atoms with E-state index in [2.05, 4.69) is 57.5 Å². The summed E-state index contributed by atoms with van der Waals surface area (Å²) in [6, 6.07) is 0. The molecule has 1 fully saturated rings. The van der Waals surface area contributed by atoms with E-state index in [9.17, 15) is 4.79 Å². The summed E-state index contributed by atoms with van der Waals surface area (Å²) in [4.78, 5) is 14.4. The second-order valence-electron chi connectivity index (χ2n) is 7.40. The van der Waals surface area contributed by atoms with Gasteiger partial charge in [0.2, 0.25) is 5.91 Å². The fourth-order valence-electron chi connectivity index (χ4n) is 2.26. The summed E-state index contributed by atoms with van der Waals surface area (Å²) in [5.41, 5.74) is -0.0798. The second kappa shape index (κ2) is 6.13. The van der Waals surface area contributed by atoms with E-state index in [1.807, 2.05) is 4.90 Å². The lowest BCUT2D eigenvalue weighted by atomic mass is 9.80. The van der Waals surface area contributed by atoms with E-state index in [-0.39, 0.29) is 23.0 Å². The minimum Gasteiger partial charge on any atom is -0.368 e. The minimum absolute atomic E-state index is 0.0950. The number of amides is 1. The van der Waals surface area contributed by atoms with Crippen LogP contribution in [0.1, 0.15) is 48.0 Å². The van der Waals surface area contributed by atoms with Gasteiger partial charge in [-0.2, -0.15) is 0 Å². The maximum atomic E-state index is 12.5. The Morgan fingerprint density at radius 1 is 1.47 bits per heavy atom. The first-order chi connectivity index (χ1) is 8.55. The number of hydrogen-bond donors (Lipinski definition) is 0. The van der Waals surface area contributed by atoms with Gasteiger partial charge in [-0.25, -0.2) is 0 Å². The molecule has 3 nitrogen and oxygen atoms in total. The van der Waals surface area contributed by atoms with Gasteiger partial charge < -0.3 is 9.64 Å². The highest BCUT2D eigenvalue weighted by atomic mass is 79.9. The van der Waals surface area contributed by atoms with Crippen molar-refractivity contribution in [2.45, 2.75) is 59.7 Å². The van der Waals surface area contributed by atoms with Crippen molar-refractivity contribution in [3.05, 3.63) is 0 Å². The predicted octanol–water partition coefficient (Wildman–Crippen LogP) is 3.46. The van der Waals surface area contributed by atoms with Gasteiger partial charge in [0.05, 0.1) is 11.7 Å². The lowest BCUT2D eigenvalue weighted by Gasteiger charge is -2.43. The van der Waals surface area contributed by atoms with Crippen LogP contribution < -0.4 is 0 Å². The number of carbonyl (C=O) groups is 1.